The average molecular weight is 283 g/mol. The molecule has 21 heavy (non-hydrogen) atoms. The summed E-state index contributed by atoms with van der Waals surface area (Å²) < 4.78 is 4.76. The second kappa shape index (κ2) is 6.44. The number of aryl methyl sites for hydroxylation is 3. The Labute approximate surface area is 126 Å². The second-order valence-electron chi connectivity index (χ2n) is 5.30. The minimum atomic E-state index is -0.315. The molecule has 0 atom stereocenters. The van der Waals surface area contributed by atoms with Gasteiger partial charge in [0.1, 0.15) is 0 Å². The summed E-state index contributed by atoms with van der Waals surface area (Å²) in [6, 6.07) is 12.0. The van der Waals surface area contributed by atoms with Crippen molar-refractivity contribution in [3.63, 3.8) is 0 Å². The summed E-state index contributed by atoms with van der Waals surface area (Å²) in [5.74, 6) is -0.315. The lowest BCUT2D eigenvalue weighted by Gasteiger charge is -2.13. The average Bonchev–Trinajstić information content (AvgIpc) is 2.48. The number of carbonyl (C=O) groups is 1. The predicted octanol–water partition coefficient (Wildman–Crippen LogP) is 4.01. The zero-order valence-electron chi connectivity index (χ0n) is 13.0. The van der Waals surface area contributed by atoms with Crippen LogP contribution < -0.4 is 5.32 Å². The van der Waals surface area contributed by atoms with Gasteiger partial charge in [-0.1, -0.05) is 29.8 Å². The second-order valence-corrected chi connectivity index (χ2v) is 5.30. The first-order chi connectivity index (χ1) is 10.0. The Balaban J connectivity index is 2.19. The van der Waals surface area contributed by atoms with Crippen molar-refractivity contribution >= 4 is 11.7 Å². The van der Waals surface area contributed by atoms with E-state index in [0.717, 1.165) is 17.8 Å². The molecule has 3 nitrogen and oxygen atoms in total. The van der Waals surface area contributed by atoms with Crippen LogP contribution in [0.15, 0.2) is 36.4 Å². The smallest absolute Gasteiger partial charge is 0.337 e. The molecular formula is C18H21NO2. The summed E-state index contributed by atoms with van der Waals surface area (Å²) in [6.07, 6.45) is 0. The summed E-state index contributed by atoms with van der Waals surface area (Å²) in [6.45, 7) is 6.95. The van der Waals surface area contributed by atoms with Crippen molar-refractivity contribution in [3.05, 3.63) is 64.2 Å². The van der Waals surface area contributed by atoms with Crippen LogP contribution in [0.5, 0.6) is 0 Å². The third-order valence-corrected chi connectivity index (χ3v) is 3.63. The number of hydrogen-bond acceptors (Lipinski definition) is 3. The lowest BCUT2D eigenvalue weighted by molar-refractivity contribution is 0.0601. The monoisotopic (exact) mass is 283 g/mol. The molecule has 2 aromatic carbocycles. The van der Waals surface area contributed by atoms with Crippen molar-refractivity contribution in [1.29, 1.82) is 0 Å². The highest BCUT2D eigenvalue weighted by Gasteiger charge is 2.08. The molecule has 0 radical (unpaired) electrons. The quantitative estimate of drug-likeness (QED) is 0.862. The van der Waals surface area contributed by atoms with Crippen LogP contribution in [0.25, 0.3) is 0 Å². The van der Waals surface area contributed by atoms with Crippen molar-refractivity contribution in [3.8, 4) is 0 Å². The molecule has 3 heteroatoms. The maximum absolute atomic E-state index is 11.6. The highest BCUT2D eigenvalue weighted by molar-refractivity contribution is 5.90. The molecule has 0 aliphatic rings. The highest BCUT2D eigenvalue weighted by atomic mass is 16.5. The molecule has 0 saturated carbocycles. The van der Waals surface area contributed by atoms with Gasteiger partial charge >= 0.3 is 5.97 Å². The van der Waals surface area contributed by atoms with E-state index in [2.05, 4.69) is 37.4 Å². The minimum Gasteiger partial charge on any atom is -0.465 e. The first-order valence-corrected chi connectivity index (χ1v) is 7.00. The zero-order valence-corrected chi connectivity index (χ0v) is 13.0. The number of carbonyl (C=O) groups excluding carboxylic acids is 1. The molecule has 0 spiro atoms. The van der Waals surface area contributed by atoms with Gasteiger partial charge in [-0.3, -0.25) is 0 Å². The molecule has 0 unspecified atom stereocenters. The van der Waals surface area contributed by atoms with Gasteiger partial charge in [-0.05, 0) is 49.6 Å². The molecule has 0 aromatic heterocycles. The van der Waals surface area contributed by atoms with Gasteiger partial charge in [0.15, 0.2) is 0 Å². The maximum atomic E-state index is 11.6. The lowest BCUT2D eigenvalue weighted by atomic mass is 10.0. The largest absolute Gasteiger partial charge is 0.465 e. The van der Waals surface area contributed by atoms with Gasteiger partial charge < -0.3 is 10.1 Å². The molecule has 0 heterocycles. The number of methoxy groups -OCH3 is 1. The number of esters is 1. The number of benzene rings is 2. The summed E-state index contributed by atoms with van der Waals surface area (Å²) in [5, 5.41) is 3.41. The van der Waals surface area contributed by atoms with E-state index >= 15 is 0 Å². The van der Waals surface area contributed by atoms with Crippen LogP contribution >= 0.6 is 0 Å². The fourth-order valence-electron chi connectivity index (χ4n) is 2.24. The molecule has 110 valence electrons. The van der Waals surface area contributed by atoms with E-state index in [1.54, 1.807) is 6.07 Å². The van der Waals surface area contributed by atoms with Crippen LogP contribution in [0.3, 0.4) is 0 Å². The van der Waals surface area contributed by atoms with Crippen LogP contribution in [0.1, 0.15) is 32.6 Å². The van der Waals surface area contributed by atoms with Crippen molar-refractivity contribution in [1.82, 2.24) is 0 Å². The van der Waals surface area contributed by atoms with Crippen molar-refractivity contribution in [2.45, 2.75) is 27.3 Å². The summed E-state index contributed by atoms with van der Waals surface area (Å²) in [4.78, 5) is 11.6. The molecule has 0 amide bonds. The van der Waals surface area contributed by atoms with Gasteiger partial charge in [0.05, 0.1) is 12.7 Å². The standard InChI is InChI=1S/C18H21NO2/c1-12-5-6-13(2)16(9-12)11-19-17-10-15(18(20)21-4)8-7-14(17)3/h5-10,19H,11H2,1-4H3. The molecule has 1 N–H and O–H groups in total. The Morgan fingerprint density at radius 2 is 1.76 bits per heavy atom. The van der Waals surface area contributed by atoms with Crippen LogP contribution in [0, 0.1) is 20.8 Å². The van der Waals surface area contributed by atoms with Gasteiger partial charge in [0.2, 0.25) is 0 Å². The van der Waals surface area contributed by atoms with Gasteiger partial charge in [-0.25, -0.2) is 4.79 Å². The fourth-order valence-corrected chi connectivity index (χ4v) is 2.24. The topological polar surface area (TPSA) is 38.3 Å². The molecule has 2 aromatic rings. The maximum Gasteiger partial charge on any atom is 0.337 e. The minimum absolute atomic E-state index is 0.315. The molecule has 0 aliphatic carbocycles. The van der Waals surface area contributed by atoms with Gasteiger partial charge in [0.25, 0.3) is 0 Å². The lowest BCUT2D eigenvalue weighted by Crippen LogP contribution is -2.06. The fraction of sp³-hybridized carbons (Fsp3) is 0.278. The van der Waals surface area contributed by atoms with Crippen molar-refractivity contribution in [2.24, 2.45) is 0 Å². The van der Waals surface area contributed by atoms with Crippen molar-refractivity contribution in [2.75, 3.05) is 12.4 Å². The summed E-state index contributed by atoms with van der Waals surface area (Å²) in [5.41, 5.74) is 6.39. The number of hydrogen-bond donors (Lipinski definition) is 1. The molecule has 2 rings (SSSR count). The van der Waals surface area contributed by atoms with Crippen LogP contribution in [0.2, 0.25) is 0 Å². The van der Waals surface area contributed by atoms with E-state index in [0.29, 0.717) is 5.56 Å². The number of anilines is 1. The first kappa shape index (κ1) is 15.1. The molecule has 0 aliphatic heterocycles. The normalized spacial score (nSPS) is 10.3. The van der Waals surface area contributed by atoms with E-state index in [1.165, 1.54) is 23.8 Å². The Hall–Kier alpha value is -2.29. The number of ether oxygens (including phenoxy) is 1. The Morgan fingerprint density at radius 3 is 2.48 bits per heavy atom. The van der Waals surface area contributed by atoms with Gasteiger partial charge in [0, 0.05) is 12.2 Å². The SMILES string of the molecule is COC(=O)c1ccc(C)c(NCc2cc(C)ccc2C)c1. The van der Waals surface area contributed by atoms with Crippen molar-refractivity contribution < 1.29 is 9.53 Å². The first-order valence-electron chi connectivity index (χ1n) is 7.00. The summed E-state index contributed by atoms with van der Waals surface area (Å²) >= 11 is 0. The van der Waals surface area contributed by atoms with Crippen LogP contribution in [0.4, 0.5) is 5.69 Å². The molecule has 0 bridgehead atoms. The van der Waals surface area contributed by atoms with E-state index in [9.17, 15) is 4.79 Å². The Bertz CT molecular complexity index is 662. The van der Waals surface area contributed by atoms with Gasteiger partial charge in [-0.15, -0.1) is 0 Å². The zero-order chi connectivity index (χ0) is 15.4. The number of nitrogens with one attached hydrogen (secondary N) is 1. The van der Waals surface area contributed by atoms with E-state index in [4.69, 9.17) is 4.74 Å². The predicted molar refractivity (Wildman–Crippen MR) is 85.8 cm³/mol. The van der Waals surface area contributed by atoms with E-state index in [1.807, 2.05) is 19.1 Å². The van der Waals surface area contributed by atoms with Crippen LogP contribution in [-0.4, -0.2) is 13.1 Å². The number of rotatable bonds is 4. The van der Waals surface area contributed by atoms with Gasteiger partial charge in [-0.2, -0.15) is 0 Å². The van der Waals surface area contributed by atoms with Crippen LogP contribution in [-0.2, 0) is 11.3 Å². The molecule has 0 fully saturated rings. The molecule has 0 saturated heterocycles. The summed E-state index contributed by atoms with van der Waals surface area (Å²) in [7, 11) is 1.39. The molecular weight excluding hydrogens is 262 g/mol. The Kier molecular flexibility index (Phi) is 4.63. The van der Waals surface area contributed by atoms with E-state index < -0.39 is 0 Å². The highest BCUT2D eigenvalue weighted by Crippen LogP contribution is 2.19. The third kappa shape index (κ3) is 3.63. The van der Waals surface area contributed by atoms with E-state index in [-0.39, 0.29) is 5.97 Å². The third-order valence-electron chi connectivity index (χ3n) is 3.63. The Morgan fingerprint density at radius 1 is 1.05 bits per heavy atom.